The molecule has 26 heavy (non-hydrogen) atoms. The molecular formula is C21H28N2O3. The van der Waals surface area contributed by atoms with Crippen molar-refractivity contribution in [3.8, 4) is 0 Å². The van der Waals surface area contributed by atoms with E-state index in [2.05, 4.69) is 25.9 Å². The van der Waals surface area contributed by atoms with E-state index >= 15 is 0 Å². The summed E-state index contributed by atoms with van der Waals surface area (Å²) in [6.45, 7) is 9.69. The van der Waals surface area contributed by atoms with E-state index < -0.39 is 0 Å². The zero-order valence-corrected chi connectivity index (χ0v) is 16.3. The van der Waals surface area contributed by atoms with Gasteiger partial charge < -0.3 is 14.2 Å². The fraction of sp³-hybridized carbons (Fsp3) is 0.524. The van der Waals surface area contributed by atoms with Gasteiger partial charge in [-0.15, -0.1) is 0 Å². The number of ether oxygens (including phenoxy) is 1. The number of carbonyl (C=O) groups is 1. The van der Waals surface area contributed by atoms with Crippen LogP contribution in [0.4, 0.5) is 0 Å². The Hall–Kier alpha value is -2.14. The predicted molar refractivity (Wildman–Crippen MR) is 100 cm³/mol. The van der Waals surface area contributed by atoms with E-state index in [0.717, 1.165) is 23.4 Å². The average molecular weight is 356 g/mol. The summed E-state index contributed by atoms with van der Waals surface area (Å²) < 4.78 is 11.0. The molecule has 140 valence electrons. The first-order valence-corrected chi connectivity index (χ1v) is 9.12. The predicted octanol–water partition coefficient (Wildman–Crippen LogP) is 3.61. The molecule has 0 saturated carbocycles. The molecule has 1 saturated heterocycles. The fourth-order valence-electron chi connectivity index (χ4n) is 3.54. The van der Waals surface area contributed by atoms with Crippen molar-refractivity contribution in [2.75, 3.05) is 20.2 Å². The Morgan fingerprint density at radius 2 is 1.96 bits per heavy atom. The second kappa shape index (κ2) is 7.23. The number of methoxy groups -OCH3 is 1. The Kier molecular flexibility index (Phi) is 5.19. The highest BCUT2D eigenvalue weighted by atomic mass is 16.5. The van der Waals surface area contributed by atoms with Crippen molar-refractivity contribution in [3.63, 3.8) is 0 Å². The minimum Gasteiger partial charge on any atom is -0.379 e. The minimum absolute atomic E-state index is 0.0122. The molecule has 0 radical (unpaired) electrons. The first kappa shape index (κ1) is 18.6. The van der Waals surface area contributed by atoms with Gasteiger partial charge in [-0.3, -0.25) is 4.79 Å². The average Bonchev–Trinajstić information content (AvgIpc) is 3.20. The van der Waals surface area contributed by atoms with E-state index in [0.29, 0.717) is 13.1 Å². The molecule has 0 N–H and O–H groups in total. The van der Waals surface area contributed by atoms with Crippen molar-refractivity contribution in [3.05, 3.63) is 52.9 Å². The zero-order chi connectivity index (χ0) is 18.9. The number of nitrogens with zero attached hydrogens (tertiary/aromatic N) is 2. The number of aromatic nitrogens is 1. The van der Waals surface area contributed by atoms with Gasteiger partial charge in [0.1, 0.15) is 5.76 Å². The first-order valence-electron chi connectivity index (χ1n) is 9.12. The summed E-state index contributed by atoms with van der Waals surface area (Å²) in [5.41, 5.74) is 2.91. The van der Waals surface area contributed by atoms with E-state index in [-0.39, 0.29) is 23.3 Å². The van der Waals surface area contributed by atoms with E-state index in [1.165, 1.54) is 5.56 Å². The molecule has 0 spiro atoms. The number of likely N-dealkylation sites (tertiary alicyclic amines) is 1. The number of amides is 1. The molecule has 1 amide bonds. The van der Waals surface area contributed by atoms with Crippen LogP contribution in [-0.4, -0.2) is 42.3 Å². The van der Waals surface area contributed by atoms with Crippen molar-refractivity contribution in [2.24, 2.45) is 5.92 Å². The van der Waals surface area contributed by atoms with Crippen molar-refractivity contribution in [1.82, 2.24) is 10.1 Å². The summed E-state index contributed by atoms with van der Waals surface area (Å²) in [6.07, 6.45) is 0.740. The van der Waals surface area contributed by atoms with Gasteiger partial charge in [-0.05, 0) is 30.0 Å². The van der Waals surface area contributed by atoms with Crippen LogP contribution in [0.2, 0.25) is 0 Å². The Morgan fingerprint density at radius 1 is 1.27 bits per heavy atom. The summed E-state index contributed by atoms with van der Waals surface area (Å²) in [7, 11) is 1.70. The van der Waals surface area contributed by atoms with Crippen LogP contribution in [0.25, 0.3) is 0 Å². The van der Waals surface area contributed by atoms with Crippen molar-refractivity contribution in [2.45, 2.75) is 45.6 Å². The maximum Gasteiger partial charge on any atom is 0.253 e. The number of aryl methyl sites for hydroxylation is 1. The highest BCUT2D eigenvalue weighted by Crippen LogP contribution is 2.27. The normalized spacial score (nSPS) is 20.6. The van der Waals surface area contributed by atoms with Gasteiger partial charge in [-0.2, -0.15) is 0 Å². The molecule has 2 atom stereocenters. The Labute approximate surface area is 155 Å². The third-order valence-electron chi connectivity index (χ3n) is 5.11. The van der Waals surface area contributed by atoms with Crippen LogP contribution in [-0.2, 0) is 16.6 Å². The number of hydrogen-bond acceptors (Lipinski definition) is 4. The van der Waals surface area contributed by atoms with Gasteiger partial charge in [0.25, 0.3) is 5.91 Å². The Morgan fingerprint density at radius 3 is 2.50 bits per heavy atom. The van der Waals surface area contributed by atoms with Gasteiger partial charge in [0.15, 0.2) is 0 Å². The third-order valence-corrected chi connectivity index (χ3v) is 5.11. The lowest BCUT2D eigenvalue weighted by molar-refractivity contribution is 0.0672. The second-order valence-electron chi connectivity index (χ2n) is 8.21. The summed E-state index contributed by atoms with van der Waals surface area (Å²) in [4.78, 5) is 14.8. The van der Waals surface area contributed by atoms with Crippen molar-refractivity contribution in [1.29, 1.82) is 0 Å². The van der Waals surface area contributed by atoms with Crippen LogP contribution in [0.15, 0.2) is 34.9 Å². The fourth-order valence-corrected chi connectivity index (χ4v) is 3.54. The number of benzene rings is 1. The second-order valence-corrected chi connectivity index (χ2v) is 8.21. The Balaban J connectivity index is 1.70. The van der Waals surface area contributed by atoms with Crippen LogP contribution in [0.3, 0.4) is 0 Å². The largest absolute Gasteiger partial charge is 0.379 e. The first-order chi connectivity index (χ1) is 12.3. The third kappa shape index (κ3) is 3.98. The van der Waals surface area contributed by atoms with Crippen molar-refractivity contribution >= 4 is 5.91 Å². The van der Waals surface area contributed by atoms with E-state index in [1.54, 1.807) is 7.11 Å². The van der Waals surface area contributed by atoms with Gasteiger partial charge in [0.2, 0.25) is 0 Å². The summed E-state index contributed by atoms with van der Waals surface area (Å²) in [5.74, 6) is 1.12. The zero-order valence-electron chi connectivity index (χ0n) is 16.3. The maximum atomic E-state index is 12.9. The molecular weight excluding hydrogens is 328 g/mol. The van der Waals surface area contributed by atoms with Crippen LogP contribution >= 0.6 is 0 Å². The SMILES string of the molecule is CO[C@H]1CN(C(=O)c2ccc(C(C)(C)C)cc2)C[C@H]1Cc1cc(C)no1. The summed E-state index contributed by atoms with van der Waals surface area (Å²) in [6, 6.07) is 9.90. The van der Waals surface area contributed by atoms with Crippen molar-refractivity contribution < 1.29 is 14.1 Å². The topological polar surface area (TPSA) is 55.6 Å². The standard InChI is InChI=1S/C21H28N2O3/c1-14-10-18(26-22-14)11-16-12-23(13-19(16)25-5)20(24)15-6-8-17(9-7-15)21(2,3)4/h6-10,16,19H,11-13H2,1-5H3/t16-,19+/m1/s1. The minimum atomic E-state index is 0.0122. The van der Waals surface area contributed by atoms with Crippen LogP contribution < -0.4 is 0 Å². The molecule has 5 nitrogen and oxygen atoms in total. The quantitative estimate of drug-likeness (QED) is 0.840. The van der Waals surface area contributed by atoms with Gasteiger partial charge in [-0.25, -0.2) is 0 Å². The van der Waals surface area contributed by atoms with Gasteiger partial charge in [-0.1, -0.05) is 38.1 Å². The molecule has 1 aliphatic rings. The van der Waals surface area contributed by atoms with Crippen LogP contribution in [0.5, 0.6) is 0 Å². The molecule has 1 aromatic carbocycles. The lowest BCUT2D eigenvalue weighted by Gasteiger charge is -2.20. The van der Waals surface area contributed by atoms with E-state index in [4.69, 9.17) is 9.26 Å². The van der Waals surface area contributed by atoms with E-state index in [9.17, 15) is 4.79 Å². The van der Waals surface area contributed by atoms with Gasteiger partial charge >= 0.3 is 0 Å². The number of carbonyl (C=O) groups excluding carboxylic acids is 1. The molecule has 1 aromatic heterocycles. The summed E-state index contributed by atoms with van der Waals surface area (Å²) in [5, 5.41) is 3.94. The highest BCUT2D eigenvalue weighted by molar-refractivity contribution is 5.94. The van der Waals surface area contributed by atoms with E-state index in [1.807, 2.05) is 42.2 Å². The molecule has 1 aliphatic heterocycles. The molecule has 2 heterocycles. The smallest absolute Gasteiger partial charge is 0.253 e. The van der Waals surface area contributed by atoms with Gasteiger partial charge in [0, 0.05) is 44.2 Å². The number of rotatable bonds is 4. The van der Waals surface area contributed by atoms with Crippen LogP contribution in [0.1, 0.15) is 48.1 Å². The maximum absolute atomic E-state index is 12.9. The van der Waals surface area contributed by atoms with Gasteiger partial charge in [0.05, 0.1) is 11.8 Å². The summed E-state index contributed by atoms with van der Waals surface area (Å²) >= 11 is 0. The highest BCUT2D eigenvalue weighted by Gasteiger charge is 2.36. The molecule has 0 bridgehead atoms. The molecule has 0 aliphatic carbocycles. The lowest BCUT2D eigenvalue weighted by atomic mass is 9.86. The monoisotopic (exact) mass is 356 g/mol. The molecule has 1 fully saturated rings. The molecule has 0 unspecified atom stereocenters. The molecule has 5 heteroatoms. The van der Waals surface area contributed by atoms with Crippen LogP contribution in [0, 0.1) is 12.8 Å². The number of hydrogen-bond donors (Lipinski definition) is 0. The molecule has 2 aromatic rings. The lowest BCUT2D eigenvalue weighted by Crippen LogP contribution is -2.30. The Bertz CT molecular complexity index is 758. The molecule has 3 rings (SSSR count).